The molecule has 0 heterocycles. The van der Waals surface area contributed by atoms with Gasteiger partial charge in [0.05, 0.1) is 0 Å². The minimum Gasteiger partial charge on any atom is -0.0590 e. The molecule has 0 atom stereocenters. The van der Waals surface area contributed by atoms with Gasteiger partial charge in [-0.3, -0.25) is 0 Å². The SMILES string of the molecule is Cc1ccc(Cc2ccc(I)cc2)c(I)c1. The molecule has 2 heteroatoms. The third-order valence-electron chi connectivity index (χ3n) is 2.52. The van der Waals surface area contributed by atoms with Gasteiger partial charge in [-0.25, -0.2) is 0 Å². The Balaban J connectivity index is 2.23. The Morgan fingerprint density at radius 1 is 0.938 bits per heavy atom. The molecule has 0 saturated carbocycles. The standard InChI is InChI=1S/C14H12I2/c1-10-2-5-12(14(16)8-10)9-11-3-6-13(15)7-4-11/h2-8H,9H2,1H3. The summed E-state index contributed by atoms with van der Waals surface area (Å²) in [5, 5.41) is 0. The molecule has 0 radical (unpaired) electrons. The van der Waals surface area contributed by atoms with E-state index in [9.17, 15) is 0 Å². The zero-order valence-electron chi connectivity index (χ0n) is 9.00. The molecule has 2 aromatic carbocycles. The lowest BCUT2D eigenvalue weighted by atomic mass is 10.0. The summed E-state index contributed by atoms with van der Waals surface area (Å²) in [6.45, 7) is 2.14. The van der Waals surface area contributed by atoms with Crippen LogP contribution in [0.1, 0.15) is 16.7 Å². The Morgan fingerprint density at radius 3 is 2.25 bits per heavy atom. The monoisotopic (exact) mass is 434 g/mol. The maximum absolute atomic E-state index is 2.42. The van der Waals surface area contributed by atoms with E-state index in [0.29, 0.717) is 0 Å². The molecule has 0 saturated heterocycles. The summed E-state index contributed by atoms with van der Waals surface area (Å²) in [7, 11) is 0. The van der Waals surface area contributed by atoms with Crippen LogP contribution < -0.4 is 0 Å². The fourth-order valence-electron chi connectivity index (χ4n) is 1.62. The Hall–Kier alpha value is -0.100. The number of hydrogen-bond acceptors (Lipinski definition) is 0. The summed E-state index contributed by atoms with van der Waals surface area (Å²) in [5.41, 5.74) is 4.12. The van der Waals surface area contributed by atoms with Crippen LogP contribution in [0.5, 0.6) is 0 Å². The largest absolute Gasteiger partial charge is 0.0590 e. The highest BCUT2D eigenvalue weighted by atomic mass is 127. The number of aryl methyl sites for hydroxylation is 1. The van der Waals surface area contributed by atoms with Crippen molar-refractivity contribution in [3.8, 4) is 0 Å². The molecule has 0 N–H and O–H groups in total. The van der Waals surface area contributed by atoms with E-state index < -0.39 is 0 Å². The van der Waals surface area contributed by atoms with Crippen molar-refractivity contribution in [1.82, 2.24) is 0 Å². The van der Waals surface area contributed by atoms with Crippen molar-refractivity contribution in [1.29, 1.82) is 0 Å². The highest BCUT2D eigenvalue weighted by molar-refractivity contribution is 14.1. The maximum atomic E-state index is 2.42. The van der Waals surface area contributed by atoms with Crippen molar-refractivity contribution in [3.63, 3.8) is 0 Å². The fraction of sp³-hybridized carbons (Fsp3) is 0.143. The highest BCUT2D eigenvalue weighted by Crippen LogP contribution is 2.18. The van der Waals surface area contributed by atoms with Crippen molar-refractivity contribution in [2.24, 2.45) is 0 Å². The molecule has 82 valence electrons. The summed E-state index contributed by atoms with van der Waals surface area (Å²) in [4.78, 5) is 0. The number of benzene rings is 2. The van der Waals surface area contributed by atoms with Gasteiger partial charge in [0.2, 0.25) is 0 Å². The van der Waals surface area contributed by atoms with E-state index in [-0.39, 0.29) is 0 Å². The Morgan fingerprint density at radius 2 is 1.62 bits per heavy atom. The zero-order valence-corrected chi connectivity index (χ0v) is 13.3. The van der Waals surface area contributed by atoms with Gasteiger partial charge in [-0.1, -0.05) is 29.8 Å². The van der Waals surface area contributed by atoms with Crippen LogP contribution >= 0.6 is 45.2 Å². The molecule has 0 unspecified atom stereocenters. The van der Waals surface area contributed by atoms with Crippen molar-refractivity contribution < 1.29 is 0 Å². The second-order valence-corrected chi connectivity index (χ2v) is 6.31. The third-order valence-corrected chi connectivity index (χ3v) is 4.24. The molecule has 0 spiro atoms. The van der Waals surface area contributed by atoms with Crippen molar-refractivity contribution >= 4 is 45.2 Å². The van der Waals surface area contributed by atoms with Crippen molar-refractivity contribution in [3.05, 3.63) is 66.3 Å². The van der Waals surface area contributed by atoms with Gasteiger partial charge in [0.25, 0.3) is 0 Å². The minimum atomic E-state index is 1.02. The third kappa shape index (κ3) is 3.20. The summed E-state index contributed by atoms with van der Waals surface area (Å²) in [6, 6.07) is 15.4. The van der Waals surface area contributed by atoms with E-state index in [1.54, 1.807) is 0 Å². The molecule has 0 amide bonds. The van der Waals surface area contributed by atoms with Gasteiger partial charge in [0.15, 0.2) is 0 Å². The minimum absolute atomic E-state index is 1.02. The molecule has 0 aliphatic carbocycles. The molecule has 0 fully saturated rings. The molecule has 0 nitrogen and oxygen atoms in total. The van der Waals surface area contributed by atoms with Gasteiger partial charge in [0, 0.05) is 7.14 Å². The summed E-state index contributed by atoms with van der Waals surface area (Å²) < 4.78 is 2.65. The van der Waals surface area contributed by atoms with Crippen LogP contribution in [0.25, 0.3) is 0 Å². The molecule has 0 aromatic heterocycles. The maximum Gasteiger partial charge on any atom is 0.0168 e. The van der Waals surface area contributed by atoms with Crippen LogP contribution in [0.3, 0.4) is 0 Å². The first-order valence-electron chi connectivity index (χ1n) is 5.14. The molecule has 0 aliphatic heterocycles. The smallest absolute Gasteiger partial charge is 0.0168 e. The van der Waals surface area contributed by atoms with Gasteiger partial charge in [-0.15, -0.1) is 0 Å². The van der Waals surface area contributed by atoms with E-state index in [0.717, 1.165) is 6.42 Å². The second kappa shape index (κ2) is 5.49. The van der Waals surface area contributed by atoms with Gasteiger partial charge >= 0.3 is 0 Å². The summed E-state index contributed by atoms with van der Waals surface area (Å²) in [6.07, 6.45) is 1.02. The zero-order chi connectivity index (χ0) is 11.5. The first-order chi connectivity index (χ1) is 7.65. The number of halogens is 2. The molecule has 0 bridgehead atoms. The lowest BCUT2D eigenvalue weighted by Gasteiger charge is -2.06. The Labute approximate surface area is 124 Å². The Bertz CT molecular complexity index is 487. The topological polar surface area (TPSA) is 0 Å². The summed E-state index contributed by atoms with van der Waals surface area (Å²) >= 11 is 4.76. The van der Waals surface area contributed by atoms with Gasteiger partial charge in [-0.2, -0.15) is 0 Å². The molecule has 2 rings (SSSR count). The highest BCUT2D eigenvalue weighted by Gasteiger charge is 2.01. The van der Waals surface area contributed by atoms with E-state index >= 15 is 0 Å². The van der Waals surface area contributed by atoms with E-state index in [4.69, 9.17) is 0 Å². The molecule has 0 aliphatic rings. The lowest BCUT2D eigenvalue weighted by molar-refractivity contribution is 1.17. The van der Waals surface area contributed by atoms with Gasteiger partial charge in [-0.05, 0) is 87.9 Å². The van der Waals surface area contributed by atoms with Crippen LogP contribution in [0.4, 0.5) is 0 Å². The van der Waals surface area contributed by atoms with Gasteiger partial charge < -0.3 is 0 Å². The van der Waals surface area contributed by atoms with Crippen LogP contribution in [0, 0.1) is 14.1 Å². The average molecular weight is 434 g/mol. The molecular formula is C14H12I2. The predicted octanol–water partition coefficient (Wildman–Crippen LogP) is 4.80. The van der Waals surface area contributed by atoms with E-state index in [1.165, 1.54) is 23.8 Å². The van der Waals surface area contributed by atoms with E-state index in [2.05, 4.69) is 94.6 Å². The van der Waals surface area contributed by atoms with Crippen LogP contribution in [0.2, 0.25) is 0 Å². The number of rotatable bonds is 2. The fourth-order valence-corrected chi connectivity index (χ4v) is 2.84. The first-order valence-corrected chi connectivity index (χ1v) is 7.30. The molecular weight excluding hydrogens is 422 g/mol. The van der Waals surface area contributed by atoms with Crippen molar-refractivity contribution in [2.45, 2.75) is 13.3 Å². The quantitative estimate of drug-likeness (QED) is 0.597. The van der Waals surface area contributed by atoms with Crippen LogP contribution in [0.15, 0.2) is 42.5 Å². The first kappa shape index (κ1) is 12.4. The van der Waals surface area contributed by atoms with Gasteiger partial charge in [0.1, 0.15) is 0 Å². The summed E-state index contributed by atoms with van der Waals surface area (Å²) in [5.74, 6) is 0. The Kier molecular flexibility index (Phi) is 4.24. The lowest BCUT2D eigenvalue weighted by Crippen LogP contribution is -1.92. The number of hydrogen-bond donors (Lipinski definition) is 0. The van der Waals surface area contributed by atoms with Crippen LogP contribution in [-0.2, 0) is 6.42 Å². The van der Waals surface area contributed by atoms with E-state index in [1.807, 2.05) is 0 Å². The molecule has 16 heavy (non-hydrogen) atoms. The van der Waals surface area contributed by atoms with Crippen molar-refractivity contribution in [2.75, 3.05) is 0 Å². The average Bonchev–Trinajstić information content (AvgIpc) is 2.25. The second-order valence-electron chi connectivity index (χ2n) is 3.90. The predicted molar refractivity (Wildman–Crippen MR) is 85.9 cm³/mol. The van der Waals surface area contributed by atoms with Crippen LogP contribution in [-0.4, -0.2) is 0 Å². The molecule has 2 aromatic rings. The normalized spacial score (nSPS) is 10.4.